The van der Waals surface area contributed by atoms with E-state index in [1.54, 1.807) is 42.4 Å². The van der Waals surface area contributed by atoms with Crippen LogP contribution in [0, 0.1) is 6.92 Å². The van der Waals surface area contributed by atoms with Gasteiger partial charge < -0.3 is 19.2 Å². The molecule has 0 spiro atoms. The third-order valence-corrected chi connectivity index (χ3v) is 4.18. The number of hydrogen-bond donors (Lipinski definition) is 1. The van der Waals surface area contributed by atoms with Gasteiger partial charge in [0.05, 0.1) is 6.26 Å². The fourth-order valence-corrected chi connectivity index (χ4v) is 2.74. The highest BCUT2D eigenvalue weighted by Crippen LogP contribution is 2.09. The maximum absolute atomic E-state index is 12.3. The van der Waals surface area contributed by atoms with Gasteiger partial charge in [-0.3, -0.25) is 14.5 Å². The second-order valence-corrected chi connectivity index (χ2v) is 6.10. The Kier molecular flexibility index (Phi) is 5.85. The molecule has 3 heterocycles. The van der Waals surface area contributed by atoms with Crippen molar-refractivity contribution in [2.45, 2.75) is 6.92 Å². The number of furan rings is 1. The minimum Gasteiger partial charge on any atom is -0.465 e. The van der Waals surface area contributed by atoms with Crippen LogP contribution in [-0.2, 0) is 4.79 Å². The normalized spacial score (nSPS) is 15.5. The van der Waals surface area contributed by atoms with E-state index >= 15 is 0 Å². The highest BCUT2D eigenvalue weighted by atomic mass is 16.5. The van der Waals surface area contributed by atoms with Gasteiger partial charge in [0.1, 0.15) is 11.5 Å². The standard InChI is InChI=1S/C18H22N4O4/c1-14-13-16(20-26-14)18(24)22-10-8-21(9-11-22)7-6-19-17(23)5-4-15-3-2-12-25-15/h2-5,12-13H,6-11H2,1H3,(H,19,23)/b5-4+. The van der Waals surface area contributed by atoms with Crippen LogP contribution >= 0.6 is 0 Å². The van der Waals surface area contributed by atoms with Crippen LogP contribution in [0.4, 0.5) is 0 Å². The van der Waals surface area contributed by atoms with Crippen molar-refractivity contribution in [3.63, 3.8) is 0 Å². The molecule has 26 heavy (non-hydrogen) atoms. The Morgan fingerprint density at radius 3 is 2.77 bits per heavy atom. The summed E-state index contributed by atoms with van der Waals surface area (Å²) in [5.74, 6) is 1.02. The van der Waals surface area contributed by atoms with Gasteiger partial charge in [0.2, 0.25) is 5.91 Å². The van der Waals surface area contributed by atoms with Crippen LogP contribution in [0.25, 0.3) is 6.08 Å². The minimum atomic E-state index is -0.156. The second kappa shape index (κ2) is 8.48. The fourth-order valence-electron chi connectivity index (χ4n) is 2.74. The van der Waals surface area contributed by atoms with Crippen molar-refractivity contribution >= 4 is 17.9 Å². The van der Waals surface area contributed by atoms with Gasteiger partial charge in [-0.15, -0.1) is 0 Å². The molecule has 0 radical (unpaired) electrons. The quantitative estimate of drug-likeness (QED) is 0.779. The Morgan fingerprint density at radius 1 is 1.31 bits per heavy atom. The van der Waals surface area contributed by atoms with Crippen molar-refractivity contribution in [3.05, 3.63) is 47.8 Å². The summed E-state index contributed by atoms with van der Waals surface area (Å²) >= 11 is 0. The Bertz CT molecular complexity index is 758. The number of carbonyl (C=O) groups is 2. The number of nitrogens with one attached hydrogen (secondary N) is 1. The summed E-state index contributed by atoms with van der Waals surface area (Å²) in [6, 6.07) is 5.21. The Balaban J connectivity index is 1.35. The zero-order valence-corrected chi connectivity index (χ0v) is 14.7. The molecule has 8 heteroatoms. The molecule has 1 N–H and O–H groups in total. The van der Waals surface area contributed by atoms with Crippen LogP contribution in [-0.4, -0.2) is 66.0 Å². The van der Waals surface area contributed by atoms with Crippen molar-refractivity contribution < 1.29 is 18.5 Å². The lowest BCUT2D eigenvalue weighted by atomic mass is 10.2. The first kappa shape index (κ1) is 17.9. The lowest BCUT2D eigenvalue weighted by Crippen LogP contribution is -2.50. The van der Waals surface area contributed by atoms with Crippen LogP contribution in [0.2, 0.25) is 0 Å². The molecule has 0 saturated carbocycles. The van der Waals surface area contributed by atoms with Crippen molar-refractivity contribution in [2.75, 3.05) is 39.3 Å². The van der Waals surface area contributed by atoms with Gasteiger partial charge in [0, 0.05) is 51.4 Å². The first-order valence-corrected chi connectivity index (χ1v) is 8.56. The van der Waals surface area contributed by atoms with E-state index in [0.717, 1.165) is 19.6 Å². The fraction of sp³-hybridized carbons (Fsp3) is 0.389. The van der Waals surface area contributed by atoms with Crippen LogP contribution in [0.5, 0.6) is 0 Å². The summed E-state index contributed by atoms with van der Waals surface area (Å²) in [6.45, 7) is 5.86. The number of aromatic nitrogens is 1. The lowest BCUT2D eigenvalue weighted by molar-refractivity contribution is -0.116. The average molecular weight is 358 g/mol. The van der Waals surface area contributed by atoms with Crippen molar-refractivity contribution in [1.82, 2.24) is 20.3 Å². The molecular formula is C18H22N4O4. The monoisotopic (exact) mass is 358 g/mol. The maximum atomic E-state index is 12.3. The van der Waals surface area contributed by atoms with Gasteiger partial charge in [0.15, 0.2) is 5.69 Å². The molecule has 0 bridgehead atoms. The predicted molar refractivity (Wildman–Crippen MR) is 94.3 cm³/mol. The molecule has 1 saturated heterocycles. The molecule has 0 aromatic carbocycles. The average Bonchev–Trinajstić information content (AvgIpc) is 3.31. The lowest BCUT2D eigenvalue weighted by Gasteiger charge is -2.34. The molecule has 0 unspecified atom stereocenters. The van der Waals surface area contributed by atoms with Gasteiger partial charge in [-0.25, -0.2) is 0 Å². The van der Waals surface area contributed by atoms with Crippen LogP contribution in [0.3, 0.4) is 0 Å². The molecule has 8 nitrogen and oxygen atoms in total. The van der Waals surface area contributed by atoms with Gasteiger partial charge in [0.25, 0.3) is 5.91 Å². The van der Waals surface area contributed by atoms with Crippen LogP contribution in [0.15, 0.2) is 39.5 Å². The smallest absolute Gasteiger partial charge is 0.276 e. The van der Waals surface area contributed by atoms with E-state index in [9.17, 15) is 9.59 Å². The minimum absolute atomic E-state index is 0.0992. The van der Waals surface area contributed by atoms with Gasteiger partial charge in [-0.2, -0.15) is 0 Å². The van der Waals surface area contributed by atoms with E-state index in [-0.39, 0.29) is 11.8 Å². The first-order valence-electron chi connectivity index (χ1n) is 8.56. The summed E-state index contributed by atoms with van der Waals surface area (Å²) in [7, 11) is 0. The van der Waals surface area contributed by atoms with E-state index in [2.05, 4.69) is 15.4 Å². The van der Waals surface area contributed by atoms with E-state index in [1.165, 1.54) is 6.08 Å². The van der Waals surface area contributed by atoms with E-state index < -0.39 is 0 Å². The number of piperazine rings is 1. The molecule has 1 aliphatic rings. The number of hydrogen-bond acceptors (Lipinski definition) is 6. The molecule has 138 valence electrons. The van der Waals surface area contributed by atoms with E-state index in [4.69, 9.17) is 8.94 Å². The number of aryl methyl sites for hydroxylation is 1. The Hall–Kier alpha value is -2.87. The van der Waals surface area contributed by atoms with Crippen LogP contribution in [0.1, 0.15) is 22.0 Å². The van der Waals surface area contributed by atoms with Crippen molar-refractivity contribution in [3.8, 4) is 0 Å². The third-order valence-electron chi connectivity index (χ3n) is 4.18. The summed E-state index contributed by atoms with van der Waals surface area (Å²) in [5, 5.41) is 6.62. The van der Waals surface area contributed by atoms with Crippen LogP contribution < -0.4 is 5.32 Å². The molecule has 3 rings (SSSR count). The zero-order chi connectivity index (χ0) is 18.4. The first-order chi connectivity index (χ1) is 12.6. The summed E-state index contributed by atoms with van der Waals surface area (Å²) < 4.78 is 10.1. The Morgan fingerprint density at radius 2 is 2.12 bits per heavy atom. The second-order valence-electron chi connectivity index (χ2n) is 6.10. The highest BCUT2D eigenvalue weighted by Gasteiger charge is 2.23. The van der Waals surface area contributed by atoms with E-state index in [1.807, 2.05) is 0 Å². The number of amides is 2. The third kappa shape index (κ3) is 4.82. The summed E-state index contributed by atoms with van der Waals surface area (Å²) in [4.78, 5) is 28.1. The molecule has 1 aliphatic heterocycles. The molecule has 1 fully saturated rings. The number of carbonyl (C=O) groups excluding carboxylic acids is 2. The molecule has 2 aromatic rings. The predicted octanol–water partition coefficient (Wildman–Crippen LogP) is 1.16. The van der Waals surface area contributed by atoms with Crippen molar-refractivity contribution in [2.24, 2.45) is 0 Å². The highest BCUT2D eigenvalue weighted by molar-refractivity contribution is 5.92. The number of nitrogens with zero attached hydrogens (tertiary/aromatic N) is 3. The Labute approximate surface area is 151 Å². The topological polar surface area (TPSA) is 91.8 Å². The molecule has 2 aromatic heterocycles. The van der Waals surface area contributed by atoms with Gasteiger partial charge >= 0.3 is 0 Å². The molecule has 0 atom stereocenters. The van der Waals surface area contributed by atoms with Gasteiger partial charge in [-0.05, 0) is 25.1 Å². The SMILES string of the molecule is Cc1cc(C(=O)N2CCN(CCNC(=O)/C=C/c3ccco3)CC2)no1. The molecule has 0 aliphatic carbocycles. The van der Waals surface area contributed by atoms with E-state index in [0.29, 0.717) is 36.8 Å². The maximum Gasteiger partial charge on any atom is 0.276 e. The summed E-state index contributed by atoms with van der Waals surface area (Å²) in [6.07, 6.45) is 4.65. The summed E-state index contributed by atoms with van der Waals surface area (Å²) in [5.41, 5.74) is 0.353. The number of rotatable bonds is 6. The van der Waals surface area contributed by atoms with Gasteiger partial charge in [-0.1, -0.05) is 5.16 Å². The molecule has 2 amide bonds. The van der Waals surface area contributed by atoms with Crippen molar-refractivity contribution in [1.29, 1.82) is 0 Å². The zero-order valence-electron chi connectivity index (χ0n) is 14.7. The largest absolute Gasteiger partial charge is 0.465 e. The molecular weight excluding hydrogens is 336 g/mol.